The fourth-order valence-corrected chi connectivity index (χ4v) is 4.85. The number of unbranched alkanes of at least 4 members (excludes halogenated alkanes) is 2. The first kappa shape index (κ1) is 29.4. The number of hydrogen-bond donors (Lipinski definition) is 1. The predicted molar refractivity (Wildman–Crippen MR) is 163 cm³/mol. The third-order valence-corrected chi connectivity index (χ3v) is 7.27. The Labute approximate surface area is 240 Å². The van der Waals surface area contributed by atoms with Gasteiger partial charge >= 0.3 is 0 Å². The molecule has 1 N–H and O–H groups in total. The molecule has 0 aliphatic heterocycles. The summed E-state index contributed by atoms with van der Waals surface area (Å²) >= 11 is 0. The number of aliphatic hydroxyl groups excluding tert-OH is 1. The van der Waals surface area contributed by atoms with Gasteiger partial charge in [0.05, 0.1) is 6.10 Å². The van der Waals surface area contributed by atoms with Gasteiger partial charge in [0.2, 0.25) is 0 Å². The Morgan fingerprint density at radius 1 is 0.675 bits per heavy atom. The Kier molecular flexibility index (Phi) is 11.6. The van der Waals surface area contributed by atoms with Crippen LogP contribution < -0.4 is 9.47 Å². The molecule has 0 saturated heterocycles. The summed E-state index contributed by atoms with van der Waals surface area (Å²) in [6, 6.07) is 36.9. The highest BCUT2D eigenvalue weighted by Gasteiger charge is 2.20. The fraction of sp³-hybridized carbons (Fsp3) is 0.333. The van der Waals surface area contributed by atoms with Crippen molar-refractivity contribution in [1.82, 2.24) is 4.90 Å². The molecule has 0 radical (unpaired) electrons. The van der Waals surface area contributed by atoms with Crippen LogP contribution in [0.3, 0.4) is 0 Å². The van der Waals surface area contributed by atoms with E-state index >= 15 is 0 Å². The normalized spacial score (nSPS) is 12.7. The van der Waals surface area contributed by atoms with Gasteiger partial charge < -0.3 is 14.6 Å². The van der Waals surface area contributed by atoms with Gasteiger partial charge in [-0.05, 0) is 47.7 Å². The zero-order chi connectivity index (χ0) is 28.0. The number of ether oxygens (including phenoxy) is 2. The number of hydrogen-bond acceptors (Lipinski definition) is 4. The van der Waals surface area contributed by atoms with Gasteiger partial charge in [-0.3, -0.25) is 4.90 Å². The van der Waals surface area contributed by atoms with E-state index in [1.165, 1.54) is 24.8 Å². The second kappa shape index (κ2) is 15.9. The van der Waals surface area contributed by atoms with E-state index in [1.54, 1.807) is 0 Å². The number of nitrogens with zero attached hydrogens (tertiary/aromatic N) is 1. The lowest BCUT2D eigenvalue weighted by Gasteiger charge is -2.31. The largest absolute Gasteiger partial charge is 0.489 e. The van der Waals surface area contributed by atoms with Crippen LogP contribution in [0.1, 0.15) is 67.9 Å². The maximum Gasteiger partial charge on any atom is 0.123 e. The first-order valence-corrected chi connectivity index (χ1v) is 14.5. The third-order valence-electron chi connectivity index (χ3n) is 7.27. The van der Waals surface area contributed by atoms with Crippen LogP contribution in [0.15, 0.2) is 109 Å². The van der Waals surface area contributed by atoms with E-state index in [9.17, 15) is 5.11 Å². The average molecular weight is 538 g/mol. The molecule has 4 nitrogen and oxygen atoms in total. The van der Waals surface area contributed by atoms with Crippen LogP contribution >= 0.6 is 0 Å². The smallest absolute Gasteiger partial charge is 0.123 e. The van der Waals surface area contributed by atoms with Gasteiger partial charge in [0, 0.05) is 25.2 Å². The second-order valence-electron chi connectivity index (χ2n) is 10.6. The average Bonchev–Trinajstić information content (AvgIpc) is 3.00. The first-order valence-electron chi connectivity index (χ1n) is 14.5. The highest BCUT2D eigenvalue weighted by Crippen LogP contribution is 2.29. The van der Waals surface area contributed by atoms with Crippen molar-refractivity contribution in [2.24, 2.45) is 0 Å². The maximum absolute atomic E-state index is 11.6. The van der Waals surface area contributed by atoms with Crippen LogP contribution in [0, 0.1) is 0 Å². The Hall–Kier alpha value is -3.60. The van der Waals surface area contributed by atoms with E-state index < -0.39 is 6.10 Å². The van der Waals surface area contributed by atoms with E-state index in [-0.39, 0.29) is 0 Å². The zero-order valence-corrected chi connectivity index (χ0v) is 23.9. The summed E-state index contributed by atoms with van der Waals surface area (Å²) in [7, 11) is 0. The minimum absolute atomic E-state index is 0.354. The summed E-state index contributed by atoms with van der Waals surface area (Å²) in [5.41, 5.74) is 4.24. The maximum atomic E-state index is 11.6. The molecular formula is C36H43NO3. The minimum Gasteiger partial charge on any atom is -0.489 e. The van der Waals surface area contributed by atoms with Crippen LogP contribution in [-0.2, 0) is 19.8 Å². The van der Waals surface area contributed by atoms with Crippen molar-refractivity contribution in [1.29, 1.82) is 0 Å². The second-order valence-corrected chi connectivity index (χ2v) is 10.6. The molecule has 0 fully saturated rings. The molecule has 0 aromatic heterocycles. The Morgan fingerprint density at radius 3 is 1.68 bits per heavy atom. The topological polar surface area (TPSA) is 41.9 Å². The lowest BCUT2D eigenvalue weighted by molar-refractivity contribution is 0.0820. The monoisotopic (exact) mass is 537 g/mol. The molecule has 2 atom stereocenters. The van der Waals surface area contributed by atoms with Gasteiger partial charge in [-0.25, -0.2) is 0 Å². The number of rotatable bonds is 16. The Bertz CT molecular complexity index is 1190. The molecule has 0 amide bonds. The van der Waals surface area contributed by atoms with Gasteiger partial charge in [-0.15, -0.1) is 0 Å². The van der Waals surface area contributed by atoms with Crippen LogP contribution in [0.5, 0.6) is 11.5 Å². The first-order chi connectivity index (χ1) is 19.6. The lowest BCUT2D eigenvalue weighted by atomic mass is 10.0. The lowest BCUT2D eigenvalue weighted by Crippen LogP contribution is -2.36. The fourth-order valence-electron chi connectivity index (χ4n) is 4.85. The molecule has 40 heavy (non-hydrogen) atoms. The summed E-state index contributed by atoms with van der Waals surface area (Å²) in [4.78, 5) is 2.40. The summed E-state index contributed by atoms with van der Waals surface area (Å²) in [5.74, 6) is 1.38. The molecule has 0 saturated carbocycles. The van der Waals surface area contributed by atoms with Gasteiger partial charge in [0.15, 0.2) is 0 Å². The molecule has 0 spiro atoms. The quantitative estimate of drug-likeness (QED) is 0.146. The molecule has 4 aromatic rings. The van der Waals surface area contributed by atoms with Crippen molar-refractivity contribution in [3.05, 3.63) is 131 Å². The third kappa shape index (κ3) is 9.55. The predicted octanol–water partition coefficient (Wildman–Crippen LogP) is 8.35. The molecule has 0 aliphatic carbocycles. The van der Waals surface area contributed by atoms with Crippen LogP contribution in [0.4, 0.5) is 0 Å². The molecule has 0 heterocycles. The van der Waals surface area contributed by atoms with Crippen LogP contribution in [0.2, 0.25) is 0 Å². The Morgan fingerprint density at radius 2 is 1.18 bits per heavy atom. The van der Waals surface area contributed by atoms with Crippen molar-refractivity contribution < 1.29 is 14.6 Å². The minimum atomic E-state index is -0.684. The van der Waals surface area contributed by atoms with Crippen LogP contribution in [0.25, 0.3) is 0 Å². The van der Waals surface area contributed by atoms with Crippen molar-refractivity contribution >= 4 is 0 Å². The van der Waals surface area contributed by atoms with Crippen LogP contribution in [-0.4, -0.2) is 22.6 Å². The van der Waals surface area contributed by atoms with E-state index in [0.29, 0.717) is 37.3 Å². The summed E-state index contributed by atoms with van der Waals surface area (Å²) in [6.07, 6.45) is 4.06. The van der Waals surface area contributed by atoms with Crippen molar-refractivity contribution in [3.63, 3.8) is 0 Å². The SMILES string of the molecule is CCCCC[C@@H](C)N(Cc1ccccc1)C[C@H](O)c1cc(OCc2ccccc2)cc(OCc2ccccc2)c1. The zero-order valence-electron chi connectivity index (χ0n) is 23.9. The van der Waals surface area contributed by atoms with Gasteiger partial charge in [-0.2, -0.15) is 0 Å². The number of aliphatic hydroxyl groups is 1. The van der Waals surface area contributed by atoms with E-state index in [1.807, 2.05) is 84.9 Å². The summed E-state index contributed by atoms with van der Waals surface area (Å²) < 4.78 is 12.4. The van der Waals surface area contributed by atoms with Gasteiger partial charge in [-0.1, -0.05) is 117 Å². The molecule has 0 unspecified atom stereocenters. The van der Waals surface area contributed by atoms with Gasteiger partial charge in [0.1, 0.15) is 24.7 Å². The molecule has 4 aromatic carbocycles. The molecule has 210 valence electrons. The van der Waals surface area contributed by atoms with E-state index in [0.717, 1.165) is 29.7 Å². The standard InChI is InChI=1S/C36H43NO3/c1-3-4-8-15-29(2)37(25-30-16-9-5-10-17-30)26-36(38)33-22-34(39-27-31-18-11-6-12-19-31)24-35(23-33)40-28-32-20-13-7-14-21-32/h5-7,9-14,16-24,29,36,38H,3-4,8,15,25-28H2,1-2H3/t29-,36+/m1/s1. The highest BCUT2D eigenvalue weighted by atomic mass is 16.5. The van der Waals surface area contributed by atoms with Crippen molar-refractivity contribution in [2.45, 2.75) is 71.4 Å². The molecule has 4 rings (SSSR count). The van der Waals surface area contributed by atoms with E-state index in [4.69, 9.17) is 9.47 Å². The molecule has 0 bridgehead atoms. The molecular weight excluding hydrogens is 494 g/mol. The number of benzene rings is 4. The van der Waals surface area contributed by atoms with E-state index in [2.05, 4.69) is 43.0 Å². The molecule has 4 heteroatoms. The summed E-state index contributed by atoms with van der Waals surface area (Å²) in [5, 5.41) is 11.6. The molecule has 0 aliphatic rings. The van der Waals surface area contributed by atoms with Gasteiger partial charge in [0.25, 0.3) is 0 Å². The van der Waals surface area contributed by atoms with Crippen molar-refractivity contribution in [2.75, 3.05) is 6.54 Å². The Balaban J connectivity index is 1.53. The summed E-state index contributed by atoms with van der Waals surface area (Å²) in [6.45, 7) is 6.75. The van der Waals surface area contributed by atoms with Crippen molar-refractivity contribution in [3.8, 4) is 11.5 Å². The highest BCUT2D eigenvalue weighted by molar-refractivity contribution is 5.40.